The van der Waals surface area contributed by atoms with E-state index in [0.29, 0.717) is 16.5 Å². The molecule has 0 aromatic heterocycles. The van der Waals surface area contributed by atoms with Crippen molar-refractivity contribution in [1.82, 2.24) is 0 Å². The van der Waals surface area contributed by atoms with Gasteiger partial charge in [-0.05, 0) is 114 Å². The zero-order chi connectivity index (χ0) is 42.4. The van der Waals surface area contributed by atoms with Crippen LogP contribution in [0.3, 0.4) is 0 Å². The lowest BCUT2D eigenvalue weighted by molar-refractivity contribution is 0.105. The Kier molecular flexibility index (Phi) is 10.3. The van der Waals surface area contributed by atoms with Crippen LogP contribution in [0, 0.1) is 6.92 Å². The molecule has 2 aliphatic carbocycles. The van der Waals surface area contributed by atoms with Gasteiger partial charge in [0.25, 0.3) is 30.4 Å². The number of hydrazone groups is 2. The normalized spacial score (nSPS) is 15.6. The van der Waals surface area contributed by atoms with Crippen LogP contribution in [-0.4, -0.2) is 67.9 Å². The van der Waals surface area contributed by atoms with Crippen molar-refractivity contribution in [3.8, 4) is 0 Å². The minimum absolute atomic E-state index is 0.00392. The molecule has 0 spiro atoms. The number of nitrogens with zero attached hydrogens (tertiary/aromatic N) is 2. The number of benzene rings is 5. The van der Waals surface area contributed by atoms with Crippen LogP contribution in [0.15, 0.2) is 122 Å². The van der Waals surface area contributed by atoms with E-state index in [1.807, 2.05) is 6.92 Å². The molecule has 5 aromatic carbocycles. The Morgan fingerprint density at radius 1 is 0.525 bits per heavy atom. The first-order chi connectivity index (χ1) is 27.7. The van der Waals surface area contributed by atoms with Gasteiger partial charge in [0.2, 0.25) is 11.6 Å². The van der Waals surface area contributed by atoms with Crippen molar-refractivity contribution in [2.24, 2.45) is 10.2 Å². The Hall–Kier alpha value is -6.88. The average molecular weight is 857 g/mol. The van der Waals surface area contributed by atoms with Gasteiger partial charge in [0.05, 0.1) is 16.3 Å². The fourth-order valence-electron chi connectivity index (χ4n) is 6.05. The van der Waals surface area contributed by atoms with E-state index in [2.05, 4.69) is 31.7 Å². The van der Waals surface area contributed by atoms with Crippen LogP contribution in [0.4, 0.5) is 27.5 Å². The predicted octanol–water partition coefficient (Wildman–Crippen LogP) is 5.83. The lowest BCUT2D eigenvalue weighted by Gasteiger charge is -2.18. The molecule has 5 aromatic rings. The Labute approximate surface area is 335 Å². The molecule has 0 saturated heterocycles. The summed E-state index contributed by atoms with van der Waals surface area (Å²) in [4.78, 5) is 38.0. The molecule has 0 bridgehead atoms. The highest BCUT2D eigenvalue weighted by Gasteiger charge is 2.34. The minimum atomic E-state index is -5.03. The molecule has 0 saturated carbocycles. The predicted molar refractivity (Wildman–Crippen MR) is 220 cm³/mol. The Balaban J connectivity index is 1.09. The van der Waals surface area contributed by atoms with Crippen molar-refractivity contribution in [3.05, 3.63) is 135 Å². The van der Waals surface area contributed by atoms with Gasteiger partial charge in [0.15, 0.2) is 11.4 Å². The Morgan fingerprint density at radius 3 is 1.46 bits per heavy atom. The molecule has 0 atom stereocenters. The average Bonchev–Trinajstić information content (AvgIpc) is 3.16. The molecule has 0 heterocycles. The van der Waals surface area contributed by atoms with Crippen LogP contribution >= 0.6 is 0 Å². The maximum Gasteiger partial charge on any atom is 0.323 e. The fraction of sp³-hybridized carbons (Fsp3) is 0.0263. The van der Waals surface area contributed by atoms with Gasteiger partial charge in [0, 0.05) is 22.5 Å². The molecule has 0 unspecified atom stereocenters. The van der Waals surface area contributed by atoms with E-state index in [4.69, 9.17) is 0 Å². The number of rotatable bonds is 9. The number of aryl methyl sites for hydroxylation is 1. The first-order valence-corrected chi connectivity index (χ1v) is 21.2. The van der Waals surface area contributed by atoms with Gasteiger partial charge in [-0.15, -0.1) is 0 Å². The van der Waals surface area contributed by atoms with Gasteiger partial charge in [-0.1, -0.05) is 29.8 Å². The van der Waals surface area contributed by atoms with Gasteiger partial charge in [-0.2, -0.15) is 35.5 Å². The molecule has 300 valence electrons. The summed E-state index contributed by atoms with van der Waals surface area (Å²) < 4.78 is 102. The topological polar surface area (TPSA) is 287 Å². The maximum absolute atomic E-state index is 13.5. The number of urea groups is 1. The van der Waals surface area contributed by atoms with Gasteiger partial charge >= 0.3 is 6.03 Å². The number of fused-ring (bicyclic) bond motifs is 3. The summed E-state index contributed by atoms with van der Waals surface area (Å²) in [5.74, 6) is -1.71. The van der Waals surface area contributed by atoms with Crippen molar-refractivity contribution < 1.29 is 53.3 Å². The summed E-state index contributed by atoms with van der Waals surface area (Å²) in [5.41, 5.74) is 5.86. The summed E-state index contributed by atoms with van der Waals surface area (Å²) in [6.45, 7) is 1.86. The van der Waals surface area contributed by atoms with Crippen LogP contribution in [-0.2, 0) is 30.4 Å². The summed E-state index contributed by atoms with van der Waals surface area (Å²) in [6, 6.07) is 22.2. The number of amides is 2. The highest BCUT2D eigenvalue weighted by molar-refractivity contribution is 7.91. The molecule has 18 nitrogen and oxygen atoms in total. The molecule has 2 aliphatic rings. The number of nitrogens with one attached hydrogen (secondary N) is 4. The number of allylic oxidation sites excluding steroid dienone is 2. The highest BCUT2D eigenvalue weighted by Crippen LogP contribution is 2.31. The zero-order valence-electron chi connectivity index (χ0n) is 30.0. The molecule has 7 N–H and O–H groups in total. The number of hydrogen-bond donors (Lipinski definition) is 7. The van der Waals surface area contributed by atoms with Crippen LogP contribution in [0.5, 0.6) is 0 Å². The number of carbonyl (C=O) groups is 3. The van der Waals surface area contributed by atoms with Gasteiger partial charge < -0.3 is 10.6 Å². The largest absolute Gasteiger partial charge is 0.323 e. The second-order valence-corrected chi connectivity index (χ2v) is 17.2. The van der Waals surface area contributed by atoms with E-state index in [-0.39, 0.29) is 44.2 Å². The SMILES string of the molecule is Cc1ccc(N/N=C2\C(=O)c3ccc(NC(=O)Nc4ccc5c(c4)C=C(S(=O)(=O)O)/C(=N\Nc4ccc6cc(S(=O)(=O)O)ccc6c4)C5=O)cc3C=C2S(=O)(=O)O)cc1. The van der Waals surface area contributed by atoms with Crippen LogP contribution in [0.1, 0.15) is 37.4 Å². The molecule has 21 heteroatoms. The van der Waals surface area contributed by atoms with Crippen LogP contribution in [0.25, 0.3) is 22.9 Å². The highest BCUT2D eigenvalue weighted by atomic mass is 32.2. The second-order valence-electron chi connectivity index (χ2n) is 13.0. The summed E-state index contributed by atoms with van der Waals surface area (Å²) in [7, 11) is -14.4. The van der Waals surface area contributed by atoms with Gasteiger partial charge in [-0.25, -0.2) is 4.79 Å². The van der Waals surface area contributed by atoms with E-state index >= 15 is 0 Å². The van der Waals surface area contributed by atoms with E-state index in [0.717, 1.165) is 17.7 Å². The summed E-state index contributed by atoms with van der Waals surface area (Å²) >= 11 is 0. The number of Topliss-reactive ketones (excluding diaryl/α,β-unsaturated/α-hetero) is 2. The molecular formula is C38H28N6O12S3. The third kappa shape index (κ3) is 8.69. The van der Waals surface area contributed by atoms with Crippen molar-refractivity contribution in [3.63, 3.8) is 0 Å². The maximum atomic E-state index is 13.5. The molecule has 2 amide bonds. The van der Waals surface area contributed by atoms with Crippen molar-refractivity contribution in [2.75, 3.05) is 21.5 Å². The molecule has 0 aliphatic heterocycles. The lowest BCUT2D eigenvalue weighted by atomic mass is 9.94. The standard InChI is InChI=1S/C38H28N6O12S3/c1-20-2-6-25(7-3-20)41-43-34-32(58(51,52)53)18-23-15-26(9-12-30(23)36(34)45)39-38(47)40-27-10-13-31-24(16-27)19-33(59(54,55)56)35(37(31)46)44-42-28-8-4-22-17-29(57(48,49)50)11-5-21(22)14-28/h2-19,41-42H,1H3,(H2,39,40,47)(H,48,49,50)(H,51,52,53)(H,54,55,56)/b43-34-,44-35+. The molecular weight excluding hydrogens is 829 g/mol. The third-order valence-corrected chi connectivity index (χ3v) is 11.5. The first kappa shape index (κ1) is 40.3. The fourth-order valence-corrected chi connectivity index (χ4v) is 7.89. The third-order valence-electron chi connectivity index (χ3n) is 8.89. The quantitative estimate of drug-likeness (QED) is 0.0679. The first-order valence-electron chi connectivity index (χ1n) is 16.8. The van der Waals surface area contributed by atoms with Crippen LogP contribution < -0.4 is 21.5 Å². The van der Waals surface area contributed by atoms with E-state index in [1.165, 1.54) is 72.8 Å². The lowest BCUT2D eigenvalue weighted by Crippen LogP contribution is -2.27. The molecule has 59 heavy (non-hydrogen) atoms. The Morgan fingerprint density at radius 2 is 0.966 bits per heavy atom. The molecule has 0 fully saturated rings. The van der Waals surface area contributed by atoms with Crippen molar-refractivity contribution in [2.45, 2.75) is 11.8 Å². The summed E-state index contributed by atoms with van der Waals surface area (Å²) in [6.07, 6.45) is 2.02. The summed E-state index contributed by atoms with van der Waals surface area (Å²) in [5, 5.41) is 13.9. The van der Waals surface area contributed by atoms with Crippen LogP contribution in [0.2, 0.25) is 0 Å². The number of carbonyl (C=O) groups excluding carboxylic acids is 3. The van der Waals surface area contributed by atoms with E-state index < -0.39 is 69.2 Å². The zero-order valence-corrected chi connectivity index (χ0v) is 32.5. The number of ketones is 2. The molecule has 0 radical (unpaired) electrons. The minimum Gasteiger partial charge on any atom is -0.308 e. The second kappa shape index (κ2) is 15.1. The van der Waals surface area contributed by atoms with E-state index in [1.54, 1.807) is 24.3 Å². The van der Waals surface area contributed by atoms with Crippen molar-refractivity contribution >= 4 is 105 Å². The smallest absolute Gasteiger partial charge is 0.308 e. The van der Waals surface area contributed by atoms with Crippen molar-refractivity contribution in [1.29, 1.82) is 0 Å². The number of hydrogen-bond acceptors (Lipinski definition) is 13. The van der Waals surface area contributed by atoms with E-state index in [9.17, 15) is 53.3 Å². The Bertz CT molecular complexity index is 3140. The van der Waals surface area contributed by atoms with Gasteiger partial charge in [-0.3, -0.25) is 34.1 Å². The van der Waals surface area contributed by atoms with Gasteiger partial charge in [0.1, 0.15) is 9.81 Å². The monoisotopic (exact) mass is 856 g/mol. The number of anilines is 4. The molecule has 7 rings (SSSR count).